The van der Waals surface area contributed by atoms with Gasteiger partial charge in [0.15, 0.2) is 5.58 Å². The Morgan fingerprint density at radius 1 is 1.14 bits per heavy atom. The van der Waals surface area contributed by atoms with Crippen LogP contribution in [0.25, 0.3) is 22.6 Å². The Bertz CT molecular complexity index is 1090. The summed E-state index contributed by atoms with van der Waals surface area (Å²) in [6.45, 7) is 2.71. The van der Waals surface area contributed by atoms with Gasteiger partial charge in [-0.2, -0.15) is 0 Å². The Labute approximate surface area is 162 Å². The molecule has 0 bridgehead atoms. The Hall–Kier alpha value is -3.67. The van der Waals surface area contributed by atoms with Gasteiger partial charge in [-0.15, -0.1) is 0 Å². The SMILES string of the molecule is CCCOc1ccc(C(=O)Nc2ccc3oc(-c4cccnc4)nc3c2)cc1. The number of amides is 1. The van der Waals surface area contributed by atoms with Gasteiger partial charge in [0.1, 0.15) is 11.3 Å². The quantitative estimate of drug-likeness (QED) is 0.518. The van der Waals surface area contributed by atoms with Gasteiger partial charge >= 0.3 is 0 Å². The van der Waals surface area contributed by atoms with Crippen LogP contribution in [0.2, 0.25) is 0 Å². The highest BCUT2D eigenvalue weighted by molar-refractivity contribution is 6.05. The third-order valence-corrected chi connectivity index (χ3v) is 4.14. The van der Waals surface area contributed by atoms with Crippen molar-refractivity contribution in [3.05, 3.63) is 72.6 Å². The molecule has 2 aromatic heterocycles. The molecule has 28 heavy (non-hydrogen) atoms. The lowest BCUT2D eigenvalue weighted by Gasteiger charge is -2.07. The molecule has 2 aromatic carbocycles. The van der Waals surface area contributed by atoms with Crippen LogP contribution in [0.5, 0.6) is 5.75 Å². The van der Waals surface area contributed by atoms with Crippen LogP contribution in [0.3, 0.4) is 0 Å². The van der Waals surface area contributed by atoms with Gasteiger partial charge in [0.25, 0.3) is 5.91 Å². The van der Waals surface area contributed by atoms with E-state index in [-0.39, 0.29) is 5.91 Å². The van der Waals surface area contributed by atoms with Gasteiger partial charge in [-0.05, 0) is 61.0 Å². The number of carbonyl (C=O) groups is 1. The van der Waals surface area contributed by atoms with Crippen molar-refractivity contribution in [2.45, 2.75) is 13.3 Å². The fourth-order valence-electron chi connectivity index (χ4n) is 2.74. The van der Waals surface area contributed by atoms with Crippen molar-refractivity contribution < 1.29 is 13.9 Å². The van der Waals surface area contributed by atoms with Gasteiger partial charge in [-0.1, -0.05) is 6.92 Å². The highest BCUT2D eigenvalue weighted by atomic mass is 16.5. The first-order valence-electron chi connectivity index (χ1n) is 9.08. The van der Waals surface area contributed by atoms with Crippen molar-refractivity contribution in [3.63, 3.8) is 0 Å². The van der Waals surface area contributed by atoms with Crippen LogP contribution in [0.15, 0.2) is 71.4 Å². The first kappa shape index (κ1) is 17.7. The minimum absolute atomic E-state index is 0.197. The summed E-state index contributed by atoms with van der Waals surface area (Å²) < 4.78 is 11.3. The number of carbonyl (C=O) groups excluding carboxylic acids is 1. The highest BCUT2D eigenvalue weighted by Gasteiger charge is 2.11. The Morgan fingerprint density at radius 3 is 2.75 bits per heavy atom. The van der Waals surface area contributed by atoms with Crippen LogP contribution in [0, 0.1) is 0 Å². The lowest BCUT2D eigenvalue weighted by atomic mass is 10.2. The number of benzene rings is 2. The first-order valence-corrected chi connectivity index (χ1v) is 9.08. The molecule has 4 rings (SSSR count). The van der Waals surface area contributed by atoms with E-state index in [4.69, 9.17) is 9.15 Å². The third-order valence-electron chi connectivity index (χ3n) is 4.14. The van der Waals surface area contributed by atoms with Crippen LogP contribution in [-0.4, -0.2) is 22.5 Å². The minimum Gasteiger partial charge on any atom is -0.494 e. The number of hydrogen-bond donors (Lipinski definition) is 1. The number of rotatable bonds is 6. The average Bonchev–Trinajstić information content (AvgIpc) is 3.17. The molecule has 4 aromatic rings. The van der Waals surface area contributed by atoms with E-state index in [1.807, 2.05) is 19.1 Å². The van der Waals surface area contributed by atoms with Gasteiger partial charge in [-0.3, -0.25) is 9.78 Å². The Morgan fingerprint density at radius 2 is 2.00 bits per heavy atom. The summed E-state index contributed by atoms with van der Waals surface area (Å²) in [5, 5.41) is 2.89. The number of pyridine rings is 1. The summed E-state index contributed by atoms with van der Waals surface area (Å²) in [5.41, 5.74) is 3.32. The van der Waals surface area contributed by atoms with Gasteiger partial charge in [0.2, 0.25) is 5.89 Å². The number of aromatic nitrogens is 2. The predicted octanol–water partition coefficient (Wildman–Crippen LogP) is 4.93. The summed E-state index contributed by atoms with van der Waals surface area (Å²) in [4.78, 5) is 21.1. The summed E-state index contributed by atoms with van der Waals surface area (Å²) in [6.07, 6.45) is 4.33. The lowest BCUT2D eigenvalue weighted by molar-refractivity contribution is 0.102. The van der Waals surface area contributed by atoms with Crippen LogP contribution < -0.4 is 10.1 Å². The monoisotopic (exact) mass is 373 g/mol. The molecule has 0 atom stereocenters. The van der Waals surface area contributed by atoms with Crippen molar-refractivity contribution in [1.29, 1.82) is 0 Å². The van der Waals surface area contributed by atoms with Crippen molar-refractivity contribution >= 4 is 22.7 Å². The number of anilines is 1. The molecule has 1 amide bonds. The maximum absolute atomic E-state index is 12.5. The van der Waals surface area contributed by atoms with E-state index in [1.54, 1.807) is 54.9 Å². The average molecular weight is 373 g/mol. The van der Waals surface area contributed by atoms with E-state index < -0.39 is 0 Å². The molecule has 0 aliphatic rings. The van der Waals surface area contributed by atoms with E-state index >= 15 is 0 Å². The number of nitrogens with zero attached hydrogens (tertiary/aromatic N) is 2. The molecular weight excluding hydrogens is 354 g/mol. The molecule has 0 saturated carbocycles. The van der Waals surface area contributed by atoms with Crippen molar-refractivity contribution in [1.82, 2.24) is 9.97 Å². The molecule has 1 N–H and O–H groups in total. The fourth-order valence-corrected chi connectivity index (χ4v) is 2.74. The molecule has 0 fully saturated rings. The Kier molecular flexibility index (Phi) is 5.01. The molecule has 140 valence electrons. The van der Waals surface area contributed by atoms with Crippen LogP contribution in [0.1, 0.15) is 23.7 Å². The van der Waals surface area contributed by atoms with Crippen molar-refractivity contribution in [3.8, 4) is 17.2 Å². The van der Waals surface area contributed by atoms with Crippen LogP contribution in [-0.2, 0) is 0 Å². The molecule has 0 unspecified atom stereocenters. The van der Waals surface area contributed by atoms with Crippen LogP contribution >= 0.6 is 0 Å². The fraction of sp³-hybridized carbons (Fsp3) is 0.136. The molecule has 0 spiro atoms. The standard InChI is InChI=1S/C22H19N3O3/c1-2-12-27-18-8-5-15(6-9-18)21(26)24-17-7-10-20-19(13-17)25-22(28-20)16-4-3-11-23-14-16/h3-11,13-14H,2,12H2,1H3,(H,24,26). The van der Waals surface area contributed by atoms with Gasteiger partial charge in [-0.25, -0.2) is 4.98 Å². The topological polar surface area (TPSA) is 77.2 Å². The normalized spacial score (nSPS) is 10.8. The number of nitrogens with one attached hydrogen (secondary N) is 1. The van der Waals surface area contributed by atoms with E-state index in [0.717, 1.165) is 17.7 Å². The van der Waals surface area contributed by atoms with E-state index in [1.165, 1.54) is 0 Å². The molecular formula is C22H19N3O3. The number of ether oxygens (including phenoxy) is 1. The summed E-state index contributed by atoms with van der Waals surface area (Å²) in [5.74, 6) is 1.05. The molecule has 2 heterocycles. The number of hydrogen-bond acceptors (Lipinski definition) is 5. The molecule has 0 aliphatic carbocycles. The maximum Gasteiger partial charge on any atom is 0.255 e. The number of fused-ring (bicyclic) bond motifs is 1. The van der Waals surface area contributed by atoms with Crippen molar-refractivity contribution in [2.24, 2.45) is 0 Å². The Balaban J connectivity index is 1.50. The molecule has 6 nitrogen and oxygen atoms in total. The lowest BCUT2D eigenvalue weighted by Crippen LogP contribution is -2.11. The van der Waals surface area contributed by atoms with E-state index in [9.17, 15) is 4.79 Å². The molecule has 0 aliphatic heterocycles. The maximum atomic E-state index is 12.5. The molecule has 0 saturated heterocycles. The zero-order valence-corrected chi connectivity index (χ0v) is 15.4. The molecule has 0 radical (unpaired) electrons. The van der Waals surface area contributed by atoms with Crippen molar-refractivity contribution in [2.75, 3.05) is 11.9 Å². The summed E-state index contributed by atoms with van der Waals surface area (Å²) >= 11 is 0. The van der Waals surface area contributed by atoms with E-state index in [2.05, 4.69) is 15.3 Å². The number of oxazole rings is 1. The predicted molar refractivity (Wildman–Crippen MR) is 107 cm³/mol. The van der Waals surface area contributed by atoms with Gasteiger partial charge in [0.05, 0.1) is 12.2 Å². The van der Waals surface area contributed by atoms with Gasteiger partial charge in [0, 0.05) is 23.6 Å². The second-order valence-electron chi connectivity index (χ2n) is 6.27. The highest BCUT2D eigenvalue weighted by Crippen LogP contribution is 2.26. The minimum atomic E-state index is -0.197. The largest absolute Gasteiger partial charge is 0.494 e. The van der Waals surface area contributed by atoms with Gasteiger partial charge < -0.3 is 14.5 Å². The summed E-state index contributed by atoms with van der Waals surface area (Å²) in [6, 6.07) is 16.2. The van der Waals surface area contributed by atoms with Crippen LogP contribution in [0.4, 0.5) is 5.69 Å². The first-order chi connectivity index (χ1) is 13.7. The molecule has 6 heteroatoms. The smallest absolute Gasteiger partial charge is 0.255 e. The zero-order valence-electron chi connectivity index (χ0n) is 15.4. The second-order valence-corrected chi connectivity index (χ2v) is 6.27. The van der Waals surface area contributed by atoms with E-state index in [0.29, 0.717) is 34.8 Å². The zero-order chi connectivity index (χ0) is 19.3. The second kappa shape index (κ2) is 7.92. The summed E-state index contributed by atoms with van der Waals surface area (Å²) in [7, 11) is 0. The third kappa shape index (κ3) is 3.86.